The molecule has 3 heteroatoms. The van der Waals surface area contributed by atoms with Gasteiger partial charge >= 0.3 is 0 Å². The molecule has 1 heterocycles. The lowest BCUT2D eigenvalue weighted by molar-refractivity contribution is 0.0649. The number of allylic oxidation sites excluding steroid dienone is 2. The third-order valence-electron chi connectivity index (χ3n) is 3.01. The number of hydrogen-bond donors (Lipinski definition) is 2. The van der Waals surface area contributed by atoms with Crippen LogP contribution in [-0.2, 0) is 0 Å². The van der Waals surface area contributed by atoms with Crippen molar-refractivity contribution in [2.24, 2.45) is 0 Å². The molecule has 0 aromatic heterocycles. The maximum Gasteiger partial charge on any atom is 0.0869 e. The van der Waals surface area contributed by atoms with Crippen LogP contribution in [0.5, 0.6) is 0 Å². The van der Waals surface area contributed by atoms with E-state index in [0.717, 1.165) is 37.3 Å². The summed E-state index contributed by atoms with van der Waals surface area (Å²) in [6.45, 7) is 7.22. The van der Waals surface area contributed by atoms with E-state index in [2.05, 4.69) is 32.2 Å². The normalized spacial score (nSPS) is 26.8. The molecule has 1 rings (SSSR count). The van der Waals surface area contributed by atoms with E-state index in [0.29, 0.717) is 6.04 Å². The minimum atomic E-state index is -0.449. The molecule has 0 radical (unpaired) electrons. The number of rotatable bonds is 6. The van der Waals surface area contributed by atoms with Gasteiger partial charge in [-0.2, -0.15) is 11.8 Å². The standard InChI is InChI=1S/C13H25NOS/c1-11(2)5-4-6-12(3)14-9-13(15)7-8-16-10-13/h5,12,14-15H,4,6-10H2,1-3H3/t12-,13-/m1/s1. The summed E-state index contributed by atoms with van der Waals surface area (Å²) in [6, 6.07) is 0.491. The maximum absolute atomic E-state index is 10.2. The van der Waals surface area contributed by atoms with Crippen molar-refractivity contribution >= 4 is 11.8 Å². The van der Waals surface area contributed by atoms with Gasteiger partial charge in [-0.3, -0.25) is 0 Å². The lowest BCUT2D eigenvalue weighted by atomic mass is 10.0. The molecule has 94 valence electrons. The number of aliphatic hydroxyl groups is 1. The zero-order valence-electron chi connectivity index (χ0n) is 10.8. The van der Waals surface area contributed by atoms with Crippen molar-refractivity contribution in [3.63, 3.8) is 0 Å². The molecule has 0 aromatic rings. The van der Waals surface area contributed by atoms with Gasteiger partial charge in [0.1, 0.15) is 0 Å². The van der Waals surface area contributed by atoms with E-state index in [1.165, 1.54) is 5.57 Å². The number of nitrogens with one attached hydrogen (secondary N) is 1. The minimum absolute atomic E-state index is 0.449. The molecule has 0 aliphatic carbocycles. The third-order valence-corrected chi connectivity index (χ3v) is 4.25. The Bertz CT molecular complexity index is 230. The van der Waals surface area contributed by atoms with Gasteiger partial charge in [-0.1, -0.05) is 11.6 Å². The predicted molar refractivity (Wildman–Crippen MR) is 73.0 cm³/mol. The molecule has 1 saturated heterocycles. The Labute approximate surface area is 104 Å². The predicted octanol–water partition coefficient (Wildman–Crippen LogP) is 2.58. The molecule has 0 spiro atoms. The van der Waals surface area contributed by atoms with Gasteiger partial charge in [-0.25, -0.2) is 0 Å². The van der Waals surface area contributed by atoms with Crippen molar-refractivity contribution in [3.8, 4) is 0 Å². The van der Waals surface area contributed by atoms with Crippen LogP contribution in [0.2, 0.25) is 0 Å². The van der Waals surface area contributed by atoms with Crippen LogP contribution in [0.15, 0.2) is 11.6 Å². The van der Waals surface area contributed by atoms with Gasteiger partial charge < -0.3 is 10.4 Å². The van der Waals surface area contributed by atoms with Crippen LogP contribution in [0.3, 0.4) is 0 Å². The van der Waals surface area contributed by atoms with E-state index < -0.39 is 5.60 Å². The van der Waals surface area contributed by atoms with Crippen LogP contribution in [0.25, 0.3) is 0 Å². The van der Waals surface area contributed by atoms with Gasteiger partial charge in [0.2, 0.25) is 0 Å². The summed E-state index contributed by atoms with van der Waals surface area (Å²) in [5.41, 5.74) is 0.938. The van der Waals surface area contributed by atoms with Crippen LogP contribution < -0.4 is 5.32 Å². The number of thioether (sulfide) groups is 1. The molecule has 2 atom stereocenters. The minimum Gasteiger partial charge on any atom is -0.388 e. The Balaban J connectivity index is 2.14. The van der Waals surface area contributed by atoms with Crippen molar-refractivity contribution < 1.29 is 5.11 Å². The van der Waals surface area contributed by atoms with Crippen LogP contribution >= 0.6 is 11.8 Å². The first-order valence-electron chi connectivity index (χ1n) is 6.19. The van der Waals surface area contributed by atoms with Gasteiger partial charge in [0.15, 0.2) is 0 Å². The highest BCUT2D eigenvalue weighted by atomic mass is 32.2. The second-order valence-electron chi connectivity index (χ2n) is 5.17. The zero-order valence-corrected chi connectivity index (χ0v) is 11.6. The molecule has 0 unspecified atom stereocenters. The molecule has 0 bridgehead atoms. The molecule has 0 amide bonds. The SMILES string of the molecule is CC(C)=CCC[C@@H](C)NC[C@]1(O)CCSC1. The van der Waals surface area contributed by atoms with Crippen LogP contribution in [0.4, 0.5) is 0 Å². The molecule has 16 heavy (non-hydrogen) atoms. The van der Waals surface area contributed by atoms with Crippen LogP contribution in [-0.4, -0.2) is 34.8 Å². The quantitative estimate of drug-likeness (QED) is 0.703. The molecule has 0 aromatic carbocycles. The summed E-state index contributed by atoms with van der Waals surface area (Å²) >= 11 is 1.85. The summed E-state index contributed by atoms with van der Waals surface area (Å²) in [4.78, 5) is 0. The first-order valence-corrected chi connectivity index (χ1v) is 7.34. The van der Waals surface area contributed by atoms with Gasteiger partial charge in [0.25, 0.3) is 0 Å². The van der Waals surface area contributed by atoms with E-state index in [1.54, 1.807) is 0 Å². The third kappa shape index (κ3) is 5.37. The van der Waals surface area contributed by atoms with Crippen molar-refractivity contribution in [2.75, 3.05) is 18.1 Å². The summed E-state index contributed by atoms with van der Waals surface area (Å²) in [5.74, 6) is 1.99. The lowest BCUT2D eigenvalue weighted by Gasteiger charge is -2.24. The summed E-state index contributed by atoms with van der Waals surface area (Å²) < 4.78 is 0. The van der Waals surface area contributed by atoms with Crippen molar-refractivity contribution in [1.29, 1.82) is 0 Å². The summed E-state index contributed by atoms with van der Waals surface area (Å²) in [7, 11) is 0. The Morgan fingerprint density at radius 1 is 1.56 bits per heavy atom. The highest BCUT2D eigenvalue weighted by Gasteiger charge is 2.31. The molecule has 2 N–H and O–H groups in total. The van der Waals surface area contributed by atoms with E-state index in [-0.39, 0.29) is 0 Å². The second kappa shape index (κ2) is 6.67. The fraction of sp³-hybridized carbons (Fsp3) is 0.846. The topological polar surface area (TPSA) is 32.3 Å². The maximum atomic E-state index is 10.2. The summed E-state index contributed by atoms with van der Waals surface area (Å²) in [5, 5.41) is 13.6. The van der Waals surface area contributed by atoms with Crippen LogP contribution in [0, 0.1) is 0 Å². The van der Waals surface area contributed by atoms with E-state index in [4.69, 9.17) is 0 Å². The van der Waals surface area contributed by atoms with Crippen LogP contribution in [0.1, 0.15) is 40.0 Å². The van der Waals surface area contributed by atoms with Gasteiger partial charge in [-0.05, 0) is 45.8 Å². The number of hydrogen-bond acceptors (Lipinski definition) is 3. The molecule has 1 aliphatic rings. The van der Waals surface area contributed by atoms with Gasteiger partial charge in [-0.15, -0.1) is 0 Å². The molecular formula is C13H25NOS. The fourth-order valence-corrected chi connectivity index (χ4v) is 3.12. The highest BCUT2D eigenvalue weighted by Crippen LogP contribution is 2.27. The average molecular weight is 243 g/mol. The Hall–Kier alpha value is 0.0100. The smallest absolute Gasteiger partial charge is 0.0869 e. The van der Waals surface area contributed by atoms with E-state index in [9.17, 15) is 5.11 Å². The molecule has 0 saturated carbocycles. The molecular weight excluding hydrogens is 218 g/mol. The summed E-state index contributed by atoms with van der Waals surface area (Å²) in [6.07, 6.45) is 5.49. The molecule has 2 nitrogen and oxygen atoms in total. The van der Waals surface area contributed by atoms with Crippen molar-refractivity contribution in [2.45, 2.75) is 51.7 Å². The monoisotopic (exact) mass is 243 g/mol. The highest BCUT2D eigenvalue weighted by molar-refractivity contribution is 7.99. The fourth-order valence-electron chi connectivity index (χ4n) is 1.82. The molecule has 1 aliphatic heterocycles. The Kier molecular flexibility index (Phi) is 5.87. The zero-order chi connectivity index (χ0) is 12.0. The van der Waals surface area contributed by atoms with E-state index >= 15 is 0 Å². The molecule has 1 fully saturated rings. The second-order valence-corrected chi connectivity index (χ2v) is 6.27. The Morgan fingerprint density at radius 3 is 2.88 bits per heavy atom. The first kappa shape index (κ1) is 14.1. The van der Waals surface area contributed by atoms with E-state index in [1.807, 2.05) is 11.8 Å². The average Bonchev–Trinajstić information content (AvgIpc) is 2.62. The largest absolute Gasteiger partial charge is 0.388 e. The van der Waals surface area contributed by atoms with Crippen molar-refractivity contribution in [1.82, 2.24) is 5.32 Å². The lowest BCUT2D eigenvalue weighted by Crippen LogP contribution is -2.43. The Morgan fingerprint density at radius 2 is 2.31 bits per heavy atom. The van der Waals surface area contributed by atoms with Gasteiger partial charge in [0, 0.05) is 18.3 Å². The van der Waals surface area contributed by atoms with Crippen molar-refractivity contribution in [3.05, 3.63) is 11.6 Å². The van der Waals surface area contributed by atoms with Gasteiger partial charge in [0.05, 0.1) is 5.60 Å². The first-order chi connectivity index (χ1) is 7.52.